The Hall–Kier alpha value is -1.90. The molecule has 0 bridgehead atoms. The molecule has 0 aromatic heterocycles. The second kappa shape index (κ2) is 7.21. The molecule has 0 aliphatic rings. The standard InChI is InChI=1S/C12H12F5NO3/c1-2-18-5(12(19)20)3-4-21-11-9(16)7(14)6(13)8(15)10(11)17/h5,18H,2-4H2,1H3,(H,19,20). The van der Waals surface area contributed by atoms with Crippen molar-refractivity contribution in [2.24, 2.45) is 0 Å². The lowest BCUT2D eigenvalue weighted by atomic mass is 10.2. The van der Waals surface area contributed by atoms with Crippen LogP contribution in [0.25, 0.3) is 0 Å². The molecule has 0 radical (unpaired) electrons. The molecule has 0 amide bonds. The Bertz CT molecular complexity index is 509. The lowest BCUT2D eigenvalue weighted by Gasteiger charge is -2.14. The van der Waals surface area contributed by atoms with Crippen LogP contribution in [0.5, 0.6) is 5.75 Å². The summed E-state index contributed by atoms with van der Waals surface area (Å²) in [7, 11) is 0. The van der Waals surface area contributed by atoms with Crippen LogP contribution in [0.1, 0.15) is 13.3 Å². The summed E-state index contributed by atoms with van der Waals surface area (Å²) in [5, 5.41) is 11.4. The highest BCUT2D eigenvalue weighted by atomic mass is 19.2. The SMILES string of the molecule is CCNC(CCOc1c(F)c(F)c(F)c(F)c1F)C(=O)O. The van der Waals surface area contributed by atoms with Gasteiger partial charge in [-0.15, -0.1) is 0 Å². The minimum Gasteiger partial charge on any atom is -0.487 e. The summed E-state index contributed by atoms with van der Waals surface area (Å²) in [6.07, 6.45) is -0.220. The van der Waals surface area contributed by atoms with Gasteiger partial charge in [0.2, 0.25) is 29.1 Å². The maximum Gasteiger partial charge on any atom is 0.320 e. The lowest BCUT2D eigenvalue weighted by Crippen LogP contribution is -2.37. The van der Waals surface area contributed by atoms with E-state index in [4.69, 9.17) is 5.11 Å². The van der Waals surface area contributed by atoms with Crippen molar-refractivity contribution in [1.82, 2.24) is 5.32 Å². The molecular formula is C12H12F5NO3. The highest BCUT2D eigenvalue weighted by molar-refractivity contribution is 5.73. The number of ether oxygens (including phenoxy) is 1. The second-order valence-corrected chi connectivity index (χ2v) is 3.98. The van der Waals surface area contributed by atoms with E-state index < -0.39 is 53.5 Å². The van der Waals surface area contributed by atoms with E-state index in [1.807, 2.05) is 0 Å². The molecule has 0 aliphatic heterocycles. The van der Waals surface area contributed by atoms with E-state index >= 15 is 0 Å². The Morgan fingerprint density at radius 1 is 1.10 bits per heavy atom. The molecule has 118 valence electrons. The van der Waals surface area contributed by atoms with E-state index in [-0.39, 0.29) is 6.42 Å². The smallest absolute Gasteiger partial charge is 0.320 e. The summed E-state index contributed by atoms with van der Waals surface area (Å²) in [5.74, 6) is -13.4. The van der Waals surface area contributed by atoms with Gasteiger partial charge in [-0.25, -0.2) is 13.2 Å². The van der Waals surface area contributed by atoms with Gasteiger partial charge in [0.05, 0.1) is 6.61 Å². The maximum atomic E-state index is 13.3. The van der Waals surface area contributed by atoms with Crippen molar-refractivity contribution in [1.29, 1.82) is 0 Å². The third-order valence-electron chi connectivity index (χ3n) is 2.57. The zero-order valence-corrected chi connectivity index (χ0v) is 10.9. The first-order valence-electron chi connectivity index (χ1n) is 5.91. The van der Waals surface area contributed by atoms with Gasteiger partial charge in [0.1, 0.15) is 6.04 Å². The number of hydrogen-bond acceptors (Lipinski definition) is 3. The molecule has 0 heterocycles. The van der Waals surface area contributed by atoms with Crippen LogP contribution in [0.4, 0.5) is 22.0 Å². The molecule has 0 saturated heterocycles. The molecule has 9 heteroatoms. The van der Waals surface area contributed by atoms with Crippen molar-refractivity contribution in [3.8, 4) is 5.75 Å². The molecule has 21 heavy (non-hydrogen) atoms. The normalized spacial score (nSPS) is 12.3. The lowest BCUT2D eigenvalue weighted by molar-refractivity contribution is -0.139. The molecular weight excluding hydrogens is 301 g/mol. The van der Waals surface area contributed by atoms with Crippen LogP contribution in [0, 0.1) is 29.1 Å². The summed E-state index contributed by atoms with van der Waals surface area (Å²) in [6, 6.07) is -1.06. The van der Waals surface area contributed by atoms with Gasteiger partial charge in [-0.05, 0) is 6.54 Å². The molecule has 2 N–H and O–H groups in total. The van der Waals surface area contributed by atoms with Gasteiger partial charge in [-0.3, -0.25) is 4.79 Å². The average molecular weight is 313 g/mol. The summed E-state index contributed by atoms with van der Waals surface area (Å²) < 4.78 is 69.6. The molecule has 4 nitrogen and oxygen atoms in total. The number of nitrogens with one attached hydrogen (secondary N) is 1. The minimum absolute atomic E-state index is 0.220. The molecule has 0 saturated carbocycles. The zero-order chi connectivity index (χ0) is 16.2. The number of carbonyl (C=O) groups is 1. The van der Waals surface area contributed by atoms with E-state index in [0.717, 1.165) is 0 Å². The predicted molar refractivity (Wildman–Crippen MR) is 61.4 cm³/mol. The highest BCUT2D eigenvalue weighted by Crippen LogP contribution is 2.29. The summed E-state index contributed by atoms with van der Waals surface area (Å²) in [5.41, 5.74) is 0. The van der Waals surface area contributed by atoms with Gasteiger partial charge < -0.3 is 15.2 Å². The topological polar surface area (TPSA) is 58.6 Å². The van der Waals surface area contributed by atoms with Gasteiger partial charge in [0.15, 0.2) is 5.75 Å². The van der Waals surface area contributed by atoms with Crippen molar-refractivity contribution < 1.29 is 36.6 Å². The number of carboxylic acid groups (broad SMARTS) is 1. The van der Waals surface area contributed by atoms with Crippen LogP contribution in [0.2, 0.25) is 0 Å². The summed E-state index contributed by atoms with van der Waals surface area (Å²) >= 11 is 0. The number of hydrogen-bond donors (Lipinski definition) is 2. The Kier molecular flexibility index (Phi) is 5.89. The van der Waals surface area contributed by atoms with Gasteiger partial charge >= 0.3 is 5.97 Å². The molecule has 1 rings (SSSR count). The number of halogens is 5. The van der Waals surface area contributed by atoms with E-state index in [0.29, 0.717) is 6.54 Å². The number of carboxylic acids is 1. The van der Waals surface area contributed by atoms with Crippen LogP contribution in [0.3, 0.4) is 0 Å². The van der Waals surface area contributed by atoms with Crippen molar-refractivity contribution in [2.45, 2.75) is 19.4 Å². The van der Waals surface area contributed by atoms with Gasteiger partial charge in [-0.1, -0.05) is 6.92 Å². The van der Waals surface area contributed by atoms with Gasteiger partial charge in [-0.2, -0.15) is 8.78 Å². The number of likely N-dealkylation sites (N-methyl/N-ethyl adjacent to an activating group) is 1. The molecule has 1 aromatic carbocycles. The van der Waals surface area contributed by atoms with E-state index in [1.165, 1.54) is 0 Å². The van der Waals surface area contributed by atoms with Gasteiger partial charge in [0.25, 0.3) is 0 Å². The van der Waals surface area contributed by atoms with Crippen molar-refractivity contribution in [3.63, 3.8) is 0 Å². The average Bonchev–Trinajstić information content (AvgIpc) is 2.45. The fourth-order valence-electron chi connectivity index (χ4n) is 1.55. The quantitative estimate of drug-likeness (QED) is 0.460. The first kappa shape index (κ1) is 17.2. The first-order chi connectivity index (χ1) is 9.81. The third kappa shape index (κ3) is 3.81. The van der Waals surface area contributed by atoms with Crippen LogP contribution in [-0.2, 0) is 4.79 Å². The predicted octanol–water partition coefficient (Wildman–Crippen LogP) is 2.21. The first-order valence-corrected chi connectivity index (χ1v) is 5.91. The fourth-order valence-corrected chi connectivity index (χ4v) is 1.55. The fraction of sp³-hybridized carbons (Fsp3) is 0.417. The van der Waals surface area contributed by atoms with E-state index in [1.54, 1.807) is 6.92 Å². The monoisotopic (exact) mass is 313 g/mol. The Morgan fingerprint density at radius 3 is 2.00 bits per heavy atom. The highest BCUT2D eigenvalue weighted by Gasteiger charge is 2.27. The zero-order valence-electron chi connectivity index (χ0n) is 10.9. The summed E-state index contributed by atoms with van der Waals surface area (Å²) in [4.78, 5) is 10.8. The van der Waals surface area contributed by atoms with Crippen molar-refractivity contribution in [2.75, 3.05) is 13.2 Å². The largest absolute Gasteiger partial charge is 0.487 e. The molecule has 0 aliphatic carbocycles. The van der Waals surface area contributed by atoms with Crippen molar-refractivity contribution >= 4 is 5.97 Å². The third-order valence-corrected chi connectivity index (χ3v) is 2.57. The molecule has 0 spiro atoms. The van der Waals surface area contributed by atoms with Crippen LogP contribution >= 0.6 is 0 Å². The second-order valence-electron chi connectivity index (χ2n) is 3.98. The van der Waals surface area contributed by atoms with Crippen LogP contribution in [-0.4, -0.2) is 30.3 Å². The van der Waals surface area contributed by atoms with Crippen molar-refractivity contribution in [3.05, 3.63) is 29.1 Å². The number of aliphatic carboxylic acids is 1. The maximum absolute atomic E-state index is 13.3. The van der Waals surface area contributed by atoms with E-state index in [2.05, 4.69) is 10.1 Å². The molecule has 1 unspecified atom stereocenters. The van der Waals surface area contributed by atoms with Gasteiger partial charge in [0, 0.05) is 6.42 Å². The molecule has 1 aromatic rings. The Labute approximate surface area is 116 Å². The molecule has 1 atom stereocenters. The van der Waals surface area contributed by atoms with Crippen LogP contribution < -0.4 is 10.1 Å². The number of benzene rings is 1. The minimum atomic E-state index is -2.28. The Balaban J connectivity index is 2.83. The molecule has 0 fully saturated rings. The number of rotatable bonds is 7. The van der Waals surface area contributed by atoms with E-state index in [9.17, 15) is 26.7 Å². The summed E-state index contributed by atoms with van der Waals surface area (Å²) in [6.45, 7) is 1.42. The Morgan fingerprint density at radius 2 is 1.57 bits per heavy atom. The van der Waals surface area contributed by atoms with Crippen LogP contribution in [0.15, 0.2) is 0 Å².